The highest BCUT2D eigenvalue weighted by molar-refractivity contribution is 6.38. The fourth-order valence-electron chi connectivity index (χ4n) is 4.67. The van der Waals surface area contributed by atoms with Gasteiger partial charge in [-0.2, -0.15) is 5.26 Å². The molecule has 1 aliphatic heterocycles. The number of aryl methyl sites for hydroxylation is 2. The first kappa shape index (κ1) is 24.5. The van der Waals surface area contributed by atoms with E-state index in [9.17, 15) is 10.1 Å². The number of benzene rings is 1. The van der Waals surface area contributed by atoms with Gasteiger partial charge in [-0.25, -0.2) is 4.98 Å². The number of ether oxygens (including phenoxy) is 1. The number of fused-ring (bicyclic) bond motifs is 1. The SMILES string of the molecule is COCCC1CCN(C(=O)c2ccc(Cl)c(Cc3nc4c(C)cc(C#N)cn4c3C)c2Cl)CC1. The third-order valence-electron chi connectivity index (χ3n) is 6.76. The van der Waals surface area contributed by atoms with Gasteiger partial charge in [0.2, 0.25) is 0 Å². The molecule has 0 spiro atoms. The Kier molecular flexibility index (Phi) is 7.47. The summed E-state index contributed by atoms with van der Waals surface area (Å²) in [4.78, 5) is 20.0. The molecule has 6 nitrogen and oxygen atoms in total. The molecule has 0 aliphatic carbocycles. The summed E-state index contributed by atoms with van der Waals surface area (Å²) in [7, 11) is 1.72. The van der Waals surface area contributed by atoms with Crippen LogP contribution in [0.5, 0.6) is 0 Å². The Morgan fingerprint density at radius 1 is 1.26 bits per heavy atom. The Balaban J connectivity index is 1.59. The number of amides is 1. The van der Waals surface area contributed by atoms with E-state index in [4.69, 9.17) is 32.9 Å². The Labute approximate surface area is 210 Å². The van der Waals surface area contributed by atoms with Gasteiger partial charge in [0.25, 0.3) is 5.91 Å². The molecular weight excluding hydrogens is 471 g/mol. The van der Waals surface area contributed by atoms with Crippen LogP contribution in [0.25, 0.3) is 5.65 Å². The molecule has 2 aromatic heterocycles. The van der Waals surface area contributed by atoms with E-state index in [-0.39, 0.29) is 5.91 Å². The summed E-state index contributed by atoms with van der Waals surface area (Å²) < 4.78 is 7.12. The summed E-state index contributed by atoms with van der Waals surface area (Å²) in [6.07, 6.45) is 5.15. The Bertz CT molecular complexity index is 1270. The molecule has 1 aliphatic rings. The summed E-state index contributed by atoms with van der Waals surface area (Å²) in [5, 5.41) is 10.2. The number of hydrogen-bond donors (Lipinski definition) is 0. The zero-order valence-corrected chi connectivity index (χ0v) is 21.2. The summed E-state index contributed by atoms with van der Waals surface area (Å²) in [5.74, 6) is 0.526. The molecule has 0 bridgehead atoms. The van der Waals surface area contributed by atoms with E-state index in [0.29, 0.717) is 52.2 Å². The maximum atomic E-state index is 13.3. The standard InChI is InChI=1S/C26H28Cl2N4O2/c1-16-12-19(14-29)15-32-17(2)23(30-25(16)32)13-21-22(27)5-4-20(24(21)28)26(33)31-9-6-18(7-10-31)8-11-34-3/h4-5,12,15,18H,6-11,13H2,1-3H3. The minimum atomic E-state index is -0.0608. The average Bonchev–Trinajstić information content (AvgIpc) is 3.16. The van der Waals surface area contributed by atoms with Gasteiger partial charge in [0.15, 0.2) is 0 Å². The van der Waals surface area contributed by atoms with Crippen LogP contribution in [0, 0.1) is 31.1 Å². The predicted molar refractivity (Wildman–Crippen MR) is 134 cm³/mol. The second-order valence-electron chi connectivity index (χ2n) is 8.94. The van der Waals surface area contributed by atoms with Crippen molar-refractivity contribution in [3.8, 4) is 6.07 Å². The summed E-state index contributed by atoms with van der Waals surface area (Å²) >= 11 is 13.3. The molecule has 1 fully saturated rings. The third-order valence-corrected chi connectivity index (χ3v) is 7.55. The first-order valence-electron chi connectivity index (χ1n) is 11.5. The van der Waals surface area contributed by atoms with Gasteiger partial charge in [0, 0.05) is 50.1 Å². The van der Waals surface area contributed by atoms with Crippen molar-refractivity contribution in [2.75, 3.05) is 26.8 Å². The summed E-state index contributed by atoms with van der Waals surface area (Å²) in [5.41, 5.74) is 5.18. The van der Waals surface area contributed by atoms with Gasteiger partial charge in [-0.05, 0) is 68.4 Å². The monoisotopic (exact) mass is 498 g/mol. The number of pyridine rings is 1. The number of imidazole rings is 1. The lowest BCUT2D eigenvalue weighted by Crippen LogP contribution is -2.38. The van der Waals surface area contributed by atoms with Crippen molar-refractivity contribution in [1.29, 1.82) is 5.26 Å². The number of nitriles is 1. The topological polar surface area (TPSA) is 70.6 Å². The third kappa shape index (κ3) is 4.79. The van der Waals surface area contributed by atoms with Crippen molar-refractivity contribution in [2.24, 2.45) is 5.92 Å². The zero-order valence-electron chi connectivity index (χ0n) is 19.7. The van der Waals surface area contributed by atoms with Crippen LogP contribution in [-0.4, -0.2) is 47.0 Å². The molecular formula is C26H28Cl2N4O2. The first-order chi connectivity index (χ1) is 16.3. The molecule has 178 valence electrons. The molecule has 8 heteroatoms. The van der Waals surface area contributed by atoms with E-state index < -0.39 is 0 Å². The maximum absolute atomic E-state index is 13.3. The highest BCUT2D eigenvalue weighted by Crippen LogP contribution is 2.33. The first-order valence-corrected chi connectivity index (χ1v) is 12.2. The lowest BCUT2D eigenvalue weighted by Gasteiger charge is -2.32. The Hall–Kier alpha value is -2.59. The number of halogens is 2. The van der Waals surface area contributed by atoms with Gasteiger partial charge in [-0.1, -0.05) is 23.2 Å². The van der Waals surface area contributed by atoms with E-state index in [1.165, 1.54) is 0 Å². The van der Waals surface area contributed by atoms with Crippen LogP contribution in [0.2, 0.25) is 10.0 Å². The molecule has 0 N–H and O–H groups in total. The smallest absolute Gasteiger partial charge is 0.255 e. The van der Waals surface area contributed by atoms with Gasteiger partial charge >= 0.3 is 0 Å². The molecule has 0 atom stereocenters. The minimum Gasteiger partial charge on any atom is -0.385 e. The van der Waals surface area contributed by atoms with Crippen molar-refractivity contribution in [3.05, 3.63) is 68.1 Å². The second kappa shape index (κ2) is 10.4. The number of nitrogens with zero attached hydrogens (tertiary/aromatic N) is 4. The lowest BCUT2D eigenvalue weighted by molar-refractivity contribution is 0.0670. The molecule has 1 amide bonds. The van der Waals surface area contributed by atoms with Crippen LogP contribution >= 0.6 is 23.2 Å². The van der Waals surface area contributed by atoms with Gasteiger partial charge < -0.3 is 14.0 Å². The Morgan fingerprint density at radius 2 is 2.00 bits per heavy atom. The van der Waals surface area contributed by atoms with Crippen LogP contribution in [0.4, 0.5) is 0 Å². The number of piperidine rings is 1. The molecule has 3 heterocycles. The minimum absolute atomic E-state index is 0.0608. The zero-order chi connectivity index (χ0) is 24.4. The van der Waals surface area contributed by atoms with Crippen LogP contribution in [0.3, 0.4) is 0 Å². The molecule has 1 saturated heterocycles. The fourth-order valence-corrected chi connectivity index (χ4v) is 5.26. The number of hydrogen-bond acceptors (Lipinski definition) is 4. The van der Waals surface area contributed by atoms with Crippen molar-refractivity contribution in [2.45, 2.75) is 39.5 Å². The highest BCUT2D eigenvalue weighted by atomic mass is 35.5. The van der Waals surface area contributed by atoms with Gasteiger partial charge in [-0.3, -0.25) is 4.79 Å². The van der Waals surface area contributed by atoms with E-state index in [1.807, 2.05) is 29.2 Å². The van der Waals surface area contributed by atoms with Gasteiger partial charge in [0.05, 0.1) is 21.8 Å². The average molecular weight is 499 g/mol. The number of likely N-dealkylation sites (tertiary alicyclic amines) is 1. The summed E-state index contributed by atoms with van der Waals surface area (Å²) in [6, 6.07) is 7.47. The van der Waals surface area contributed by atoms with Crippen molar-refractivity contribution in [1.82, 2.24) is 14.3 Å². The molecule has 0 radical (unpaired) electrons. The maximum Gasteiger partial charge on any atom is 0.255 e. The van der Waals surface area contributed by atoms with E-state index in [2.05, 4.69) is 6.07 Å². The van der Waals surface area contributed by atoms with Crippen LogP contribution in [-0.2, 0) is 11.2 Å². The number of carbonyl (C=O) groups excluding carboxylic acids is 1. The largest absolute Gasteiger partial charge is 0.385 e. The van der Waals surface area contributed by atoms with Crippen molar-refractivity contribution >= 4 is 34.8 Å². The number of carbonyl (C=O) groups is 1. The number of methoxy groups -OCH3 is 1. The van der Waals surface area contributed by atoms with E-state index in [1.54, 1.807) is 25.4 Å². The molecule has 1 aromatic carbocycles. The van der Waals surface area contributed by atoms with E-state index >= 15 is 0 Å². The van der Waals surface area contributed by atoms with Gasteiger partial charge in [0.1, 0.15) is 11.7 Å². The van der Waals surface area contributed by atoms with Crippen LogP contribution < -0.4 is 0 Å². The van der Waals surface area contributed by atoms with Crippen molar-refractivity contribution < 1.29 is 9.53 Å². The quantitative estimate of drug-likeness (QED) is 0.442. The fraction of sp³-hybridized carbons (Fsp3) is 0.423. The van der Waals surface area contributed by atoms with Crippen LogP contribution in [0.1, 0.15) is 57.7 Å². The Morgan fingerprint density at radius 3 is 2.68 bits per heavy atom. The predicted octanol–water partition coefficient (Wildman–Crippen LogP) is 5.61. The van der Waals surface area contributed by atoms with Gasteiger partial charge in [-0.15, -0.1) is 0 Å². The second-order valence-corrected chi connectivity index (χ2v) is 9.73. The highest BCUT2D eigenvalue weighted by Gasteiger charge is 2.26. The van der Waals surface area contributed by atoms with Crippen LogP contribution in [0.15, 0.2) is 24.4 Å². The molecule has 4 rings (SSSR count). The number of rotatable bonds is 6. The molecule has 3 aromatic rings. The van der Waals surface area contributed by atoms with E-state index in [0.717, 1.165) is 48.5 Å². The summed E-state index contributed by atoms with van der Waals surface area (Å²) in [6.45, 7) is 6.08. The normalized spacial score (nSPS) is 14.5. The molecule has 0 unspecified atom stereocenters. The molecule has 0 saturated carbocycles. The molecule has 34 heavy (non-hydrogen) atoms. The number of aromatic nitrogens is 2. The van der Waals surface area contributed by atoms with Crippen molar-refractivity contribution in [3.63, 3.8) is 0 Å². The lowest BCUT2D eigenvalue weighted by atomic mass is 9.93.